The number of esters is 1. The van der Waals surface area contributed by atoms with E-state index in [0.717, 1.165) is 18.8 Å². The van der Waals surface area contributed by atoms with Gasteiger partial charge in [0.2, 0.25) is 0 Å². The van der Waals surface area contributed by atoms with Crippen LogP contribution in [0.5, 0.6) is 0 Å². The molecule has 82 valence electrons. The van der Waals surface area contributed by atoms with E-state index < -0.39 is 0 Å². The topological polar surface area (TPSA) is 29.5 Å². The molecular formula is C10H13NO2S2. The highest BCUT2D eigenvalue weighted by Gasteiger charge is 2.22. The second-order valence-corrected chi connectivity index (χ2v) is 5.62. The van der Waals surface area contributed by atoms with Crippen LogP contribution in [0.2, 0.25) is 0 Å². The maximum absolute atomic E-state index is 11.4. The van der Waals surface area contributed by atoms with Crippen molar-refractivity contribution in [1.29, 1.82) is 0 Å². The monoisotopic (exact) mass is 243 g/mol. The number of ether oxygens (including phenoxy) is 1. The molecule has 2 heterocycles. The predicted octanol–water partition coefficient (Wildman–Crippen LogP) is 2.47. The number of hydrogen-bond donors (Lipinski definition) is 0. The minimum absolute atomic E-state index is 0.231. The van der Waals surface area contributed by atoms with Crippen LogP contribution in [0.4, 0.5) is 5.69 Å². The summed E-state index contributed by atoms with van der Waals surface area (Å²) in [7, 11) is 1.42. The van der Waals surface area contributed by atoms with E-state index in [9.17, 15) is 4.79 Å². The van der Waals surface area contributed by atoms with Crippen molar-refractivity contribution in [3.05, 3.63) is 10.9 Å². The molecule has 1 aliphatic rings. The summed E-state index contributed by atoms with van der Waals surface area (Å²) in [5, 5.41) is 0. The summed E-state index contributed by atoms with van der Waals surface area (Å²) in [5.41, 5.74) is 1.19. The third kappa shape index (κ3) is 1.99. The molecule has 0 unspecified atom stereocenters. The van der Waals surface area contributed by atoms with Gasteiger partial charge in [0.15, 0.2) is 0 Å². The Morgan fingerprint density at radius 3 is 3.13 bits per heavy atom. The first-order chi connectivity index (χ1) is 7.26. The van der Waals surface area contributed by atoms with Crippen molar-refractivity contribution in [2.75, 3.05) is 30.9 Å². The van der Waals surface area contributed by atoms with E-state index in [-0.39, 0.29) is 5.97 Å². The highest BCUT2D eigenvalue weighted by atomic mass is 32.2. The van der Waals surface area contributed by atoms with Gasteiger partial charge in [0.05, 0.1) is 17.0 Å². The quantitative estimate of drug-likeness (QED) is 0.746. The largest absolute Gasteiger partial charge is 0.465 e. The minimum atomic E-state index is -0.231. The van der Waals surface area contributed by atoms with Crippen molar-refractivity contribution < 1.29 is 9.53 Å². The van der Waals surface area contributed by atoms with Crippen molar-refractivity contribution in [2.24, 2.45) is 0 Å². The van der Waals surface area contributed by atoms with Gasteiger partial charge in [0, 0.05) is 18.8 Å². The molecule has 0 atom stereocenters. The van der Waals surface area contributed by atoms with Crippen LogP contribution >= 0.6 is 23.1 Å². The minimum Gasteiger partial charge on any atom is -0.465 e. The van der Waals surface area contributed by atoms with Gasteiger partial charge in [-0.05, 0) is 13.0 Å². The molecule has 0 N–H and O–H groups in total. The first-order valence-electron chi connectivity index (χ1n) is 4.86. The highest BCUT2D eigenvalue weighted by molar-refractivity contribution is 8.01. The Hall–Kier alpha value is -0.680. The summed E-state index contributed by atoms with van der Waals surface area (Å²) in [6.45, 7) is 4.19. The van der Waals surface area contributed by atoms with Crippen molar-refractivity contribution >= 4 is 34.8 Å². The number of anilines is 1. The summed E-state index contributed by atoms with van der Waals surface area (Å²) in [6.07, 6.45) is 0. The summed E-state index contributed by atoms with van der Waals surface area (Å²) >= 11 is 3.36. The molecule has 0 spiro atoms. The first-order valence-corrected chi connectivity index (χ1v) is 6.66. The summed E-state index contributed by atoms with van der Waals surface area (Å²) in [4.78, 5) is 14.4. The van der Waals surface area contributed by atoms with Gasteiger partial charge in [0.1, 0.15) is 4.88 Å². The number of fused-ring (bicyclic) bond motifs is 1. The summed E-state index contributed by atoms with van der Waals surface area (Å²) < 4.78 is 5.97. The molecule has 0 aromatic carbocycles. The van der Waals surface area contributed by atoms with Crippen LogP contribution in [0.15, 0.2) is 10.3 Å². The van der Waals surface area contributed by atoms with Crippen LogP contribution in [0.25, 0.3) is 0 Å². The second kappa shape index (κ2) is 4.45. The Morgan fingerprint density at radius 1 is 1.67 bits per heavy atom. The van der Waals surface area contributed by atoms with Crippen LogP contribution < -0.4 is 4.90 Å². The van der Waals surface area contributed by atoms with Crippen molar-refractivity contribution in [1.82, 2.24) is 0 Å². The molecular weight excluding hydrogens is 230 g/mol. The fourth-order valence-corrected chi connectivity index (χ4v) is 4.00. The zero-order valence-electron chi connectivity index (χ0n) is 8.78. The molecule has 3 nitrogen and oxygen atoms in total. The lowest BCUT2D eigenvalue weighted by atomic mass is 10.3. The molecule has 0 aliphatic carbocycles. The van der Waals surface area contributed by atoms with E-state index in [4.69, 9.17) is 4.74 Å². The van der Waals surface area contributed by atoms with Crippen LogP contribution in [-0.4, -0.2) is 31.9 Å². The lowest BCUT2D eigenvalue weighted by molar-refractivity contribution is 0.0606. The fraction of sp³-hybridized carbons (Fsp3) is 0.500. The molecule has 0 fully saturated rings. The van der Waals surface area contributed by atoms with E-state index >= 15 is 0 Å². The number of thiophene rings is 1. The van der Waals surface area contributed by atoms with E-state index in [1.165, 1.54) is 28.3 Å². The van der Waals surface area contributed by atoms with Crippen molar-refractivity contribution in [2.45, 2.75) is 11.1 Å². The standard InChI is InChI=1S/C10H13NO2S2/c1-3-11-4-5-14-10-7(11)6-8(15-10)9(12)13-2/h6H,3-5H2,1-2H3. The Kier molecular flexibility index (Phi) is 3.21. The number of carbonyl (C=O) groups is 1. The van der Waals surface area contributed by atoms with Gasteiger partial charge in [-0.3, -0.25) is 0 Å². The van der Waals surface area contributed by atoms with Gasteiger partial charge in [-0.2, -0.15) is 0 Å². The SMILES string of the molecule is CCN1CCSc2sc(C(=O)OC)cc21. The molecule has 1 aromatic rings. The molecule has 0 bridgehead atoms. The maximum Gasteiger partial charge on any atom is 0.348 e. The maximum atomic E-state index is 11.4. The van der Waals surface area contributed by atoms with E-state index in [1.807, 2.05) is 17.8 Å². The number of thioether (sulfide) groups is 1. The van der Waals surface area contributed by atoms with Crippen LogP contribution in [0.3, 0.4) is 0 Å². The lowest BCUT2D eigenvalue weighted by Gasteiger charge is -2.26. The molecule has 5 heteroatoms. The average molecular weight is 243 g/mol. The molecule has 15 heavy (non-hydrogen) atoms. The van der Waals surface area contributed by atoms with Crippen LogP contribution in [0.1, 0.15) is 16.6 Å². The molecule has 0 saturated heterocycles. The zero-order chi connectivity index (χ0) is 10.8. The number of rotatable bonds is 2. The predicted molar refractivity (Wildman–Crippen MR) is 64.3 cm³/mol. The molecule has 0 amide bonds. The number of methoxy groups -OCH3 is 1. The molecule has 2 rings (SSSR count). The second-order valence-electron chi connectivity index (χ2n) is 3.20. The normalized spacial score (nSPS) is 14.9. The Morgan fingerprint density at radius 2 is 2.47 bits per heavy atom. The van der Waals surface area contributed by atoms with Gasteiger partial charge < -0.3 is 9.64 Å². The molecule has 0 radical (unpaired) electrons. The van der Waals surface area contributed by atoms with Crippen molar-refractivity contribution in [3.63, 3.8) is 0 Å². The fourth-order valence-electron chi connectivity index (χ4n) is 1.59. The Bertz CT molecular complexity index is 375. The van der Waals surface area contributed by atoms with E-state index in [0.29, 0.717) is 4.88 Å². The van der Waals surface area contributed by atoms with Gasteiger partial charge in [-0.1, -0.05) is 0 Å². The Balaban J connectivity index is 2.33. The number of hydrogen-bond acceptors (Lipinski definition) is 5. The van der Waals surface area contributed by atoms with Gasteiger partial charge in [0.25, 0.3) is 0 Å². The van der Waals surface area contributed by atoms with Gasteiger partial charge in [-0.15, -0.1) is 23.1 Å². The van der Waals surface area contributed by atoms with Crippen LogP contribution in [0, 0.1) is 0 Å². The van der Waals surface area contributed by atoms with Gasteiger partial charge >= 0.3 is 5.97 Å². The van der Waals surface area contributed by atoms with Crippen molar-refractivity contribution in [3.8, 4) is 0 Å². The Labute approximate surface area is 97.4 Å². The highest BCUT2D eigenvalue weighted by Crippen LogP contribution is 2.41. The lowest BCUT2D eigenvalue weighted by Crippen LogP contribution is -2.27. The summed E-state index contributed by atoms with van der Waals surface area (Å²) in [5.74, 6) is 0.869. The smallest absolute Gasteiger partial charge is 0.348 e. The third-order valence-electron chi connectivity index (χ3n) is 2.38. The number of nitrogens with zero attached hydrogens (tertiary/aromatic N) is 1. The average Bonchev–Trinajstić information content (AvgIpc) is 2.71. The van der Waals surface area contributed by atoms with E-state index in [1.54, 1.807) is 0 Å². The van der Waals surface area contributed by atoms with Crippen LogP contribution in [-0.2, 0) is 4.74 Å². The van der Waals surface area contributed by atoms with E-state index in [2.05, 4.69) is 11.8 Å². The molecule has 0 saturated carbocycles. The zero-order valence-corrected chi connectivity index (χ0v) is 10.4. The molecule has 1 aliphatic heterocycles. The number of carbonyl (C=O) groups excluding carboxylic acids is 1. The first kappa shape index (κ1) is 10.8. The third-order valence-corrected chi connectivity index (χ3v) is 4.74. The van der Waals surface area contributed by atoms with Gasteiger partial charge in [-0.25, -0.2) is 4.79 Å². The molecule has 1 aromatic heterocycles. The summed E-state index contributed by atoms with van der Waals surface area (Å²) in [6, 6.07) is 1.95.